The highest BCUT2D eigenvalue weighted by Gasteiger charge is 2.39. The van der Waals surface area contributed by atoms with Gasteiger partial charge in [0.15, 0.2) is 17.6 Å². The number of halogens is 2. The lowest BCUT2D eigenvalue weighted by Gasteiger charge is -2.29. The summed E-state index contributed by atoms with van der Waals surface area (Å²) < 4.78 is 31.9. The molecule has 3 aromatic carbocycles. The molecule has 1 aliphatic carbocycles. The van der Waals surface area contributed by atoms with Crippen molar-refractivity contribution in [2.75, 3.05) is 13.7 Å². The molecule has 5 nitrogen and oxygen atoms in total. The molecule has 7 heteroatoms. The number of hydrogen-bond donors (Lipinski definition) is 1. The molecule has 3 atom stereocenters. The monoisotopic (exact) mass is 496 g/mol. The number of hydrogen-bond acceptors (Lipinski definition) is 4. The van der Waals surface area contributed by atoms with E-state index in [9.17, 15) is 14.3 Å². The van der Waals surface area contributed by atoms with E-state index in [1.165, 1.54) is 13.2 Å². The number of aliphatic carboxylic acids is 1. The Morgan fingerprint density at radius 2 is 1.89 bits per heavy atom. The van der Waals surface area contributed by atoms with Crippen molar-refractivity contribution in [2.45, 2.75) is 31.8 Å². The number of benzene rings is 3. The van der Waals surface area contributed by atoms with E-state index in [1.807, 2.05) is 24.3 Å². The van der Waals surface area contributed by atoms with Crippen LogP contribution in [0.5, 0.6) is 17.2 Å². The molecule has 182 valence electrons. The maximum Gasteiger partial charge on any atom is 0.306 e. The van der Waals surface area contributed by atoms with Crippen molar-refractivity contribution in [3.8, 4) is 28.4 Å². The maximum absolute atomic E-state index is 14.5. The molecule has 1 saturated carbocycles. The van der Waals surface area contributed by atoms with Crippen LogP contribution in [0.15, 0.2) is 54.6 Å². The van der Waals surface area contributed by atoms with Gasteiger partial charge in [0.05, 0.1) is 13.0 Å². The molecule has 0 aromatic heterocycles. The van der Waals surface area contributed by atoms with Gasteiger partial charge in [-0.2, -0.15) is 0 Å². The number of rotatable bonds is 7. The van der Waals surface area contributed by atoms with Gasteiger partial charge in [-0.3, -0.25) is 4.79 Å². The SMILES string of the molecule is COc1ccc(F)c(-c2ccc([C@H]3COc4ccc(C(C5CC5)[C@@H](C)C(=O)O)cc4O3)cc2Cl)c1. The van der Waals surface area contributed by atoms with Gasteiger partial charge in [-0.15, -0.1) is 0 Å². The highest BCUT2D eigenvalue weighted by Crippen LogP contribution is 2.49. The van der Waals surface area contributed by atoms with Gasteiger partial charge in [0, 0.05) is 16.1 Å². The Morgan fingerprint density at radius 1 is 1.09 bits per heavy atom. The van der Waals surface area contributed by atoms with Crippen LogP contribution >= 0.6 is 11.6 Å². The van der Waals surface area contributed by atoms with Crippen LogP contribution in [0.2, 0.25) is 5.02 Å². The van der Waals surface area contributed by atoms with Crippen molar-refractivity contribution in [3.63, 3.8) is 0 Å². The summed E-state index contributed by atoms with van der Waals surface area (Å²) in [6.07, 6.45) is 1.67. The van der Waals surface area contributed by atoms with E-state index in [0.29, 0.717) is 45.9 Å². The molecule has 0 spiro atoms. The van der Waals surface area contributed by atoms with Crippen LogP contribution in [0.25, 0.3) is 11.1 Å². The summed E-state index contributed by atoms with van der Waals surface area (Å²) in [6, 6.07) is 15.6. The van der Waals surface area contributed by atoms with Gasteiger partial charge >= 0.3 is 5.97 Å². The molecular weight excluding hydrogens is 471 g/mol. The molecule has 0 bridgehead atoms. The number of ether oxygens (including phenoxy) is 3. The predicted octanol–water partition coefficient (Wildman–Crippen LogP) is 6.88. The van der Waals surface area contributed by atoms with Crippen LogP contribution in [-0.4, -0.2) is 24.8 Å². The lowest BCUT2D eigenvalue weighted by molar-refractivity contribution is -0.142. The molecule has 1 N–H and O–H groups in total. The van der Waals surface area contributed by atoms with E-state index in [-0.39, 0.29) is 11.7 Å². The zero-order chi connectivity index (χ0) is 24.7. The van der Waals surface area contributed by atoms with Crippen LogP contribution < -0.4 is 14.2 Å². The van der Waals surface area contributed by atoms with Crippen LogP contribution in [-0.2, 0) is 4.79 Å². The molecule has 35 heavy (non-hydrogen) atoms. The van der Waals surface area contributed by atoms with Crippen molar-refractivity contribution in [3.05, 3.63) is 76.6 Å². The van der Waals surface area contributed by atoms with E-state index in [2.05, 4.69) is 0 Å². The van der Waals surface area contributed by atoms with Gasteiger partial charge in [0.2, 0.25) is 0 Å². The Morgan fingerprint density at radius 3 is 2.57 bits per heavy atom. The van der Waals surface area contributed by atoms with Crippen molar-refractivity contribution < 1.29 is 28.5 Å². The Kier molecular flexibility index (Phi) is 6.32. The number of methoxy groups -OCH3 is 1. The van der Waals surface area contributed by atoms with Gasteiger partial charge in [-0.25, -0.2) is 4.39 Å². The quantitative estimate of drug-likeness (QED) is 0.386. The summed E-state index contributed by atoms with van der Waals surface area (Å²) in [5, 5.41) is 9.99. The van der Waals surface area contributed by atoms with Crippen molar-refractivity contribution in [1.82, 2.24) is 0 Å². The van der Waals surface area contributed by atoms with Crippen LogP contribution in [0.4, 0.5) is 4.39 Å². The van der Waals surface area contributed by atoms with E-state index in [4.69, 9.17) is 25.8 Å². The number of carboxylic acid groups (broad SMARTS) is 1. The highest BCUT2D eigenvalue weighted by atomic mass is 35.5. The normalized spacial score (nSPS) is 18.6. The van der Waals surface area contributed by atoms with E-state index in [0.717, 1.165) is 24.0 Å². The summed E-state index contributed by atoms with van der Waals surface area (Å²) in [6.45, 7) is 2.06. The molecule has 3 aromatic rings. The molecule has 1 unspecified atom stereocenters. The Bertz CT molecular complexity index is 1270. The number of carboxylic acids is 1. The average Bonchev–Trinajstić information content (AvgIpc) is 3.69. The topological polar surface area (TPSA) is 65.0 Å². The van der Waals surface area contributed by atoms with Gasteiger partial charge in [-0.05, 0) is 72.2 Å². The lowest BCUT2D eigenvalue weighted by Crippen LogP contribution is -2.23. The first-order valence-corrected chi connectivity index (χ1v) is 12.0. The molecule has 5 rings (SSSR count). The largest absolute Gasteiger partial charge is 0.497 e. The molecule has 1 aliphatic heterocycles. The Hall–Kier alpha value is -3.25. The molecular formula is C28H26ClFO5. The van der Waals surface area contributed by atoms with Gasteiger partial charge in [0.1, 0.15) is 18.2 Å². The van der Waals surface area contributed by atoms with Gasteiger partial charge < -0.3 is 19.3 Å². The number of carbonyl (C=O) groups is 1. The number of fused-ring (bicyclic) bond motifs is 1. The van der Waals surface area contributed by atoms with E-state index >= 15 is 0 Å². The third kappa shape index (κ3) is 4.67. The molecule has 2 aliphatic rings. The van der Waals surface area contributed by atoms with Gasteiger partial charge in [-0.1, -0.05) is 36.7 Å². The Balaban J connectivity index is 1.41. The van der Waals surface area contributed by atoms with Crippen molar-refractivity contribution >= 4 is 17.6 Å². The van der Waals surface area contributed by atoms with Crippen LogP contribution in [0.1, 0.15) is 42.9 Å². The summed E-state index contributed by atoms with van der Waals surface area (Å²) in [5.41, 5.74) is 2.67. The first-order valence-electron chi connectivity index (χ1n) is 11.6. The smallest absolute Gasteiger partial charge is 0.306 e. The molecule has 0 amide bonds. The Labute approximate surface area is 208 Å². The second kappa shape index (κ2) is 9.42. The zero-order valence-electron chi connectivity index (χ0n) is 19.5. The fourth-order valence-electron chi connectivity index (χ4n) is 4.83. The van der Waals surface area contributed by atoms with E-state index in [1.54, 1.807) is 31.2 Å². The molecule has 1 heterocycles. The average molecular weight is 497 g/mol. The predicted molar refractivity (Wildman–Crippen MR) is 131 cm³/mol. The summed E-state index contributed by atoms with van der Waals surface area (Å²) >= 11 is 6.56. The first kappa shape index (κ1) is 23.5. The zero-order valence-corrected chi connectivity index (χ0v) is 20.2. The fraction of sp³-hybridized carbons (Fsp3) is 0.321. The fourth-order valence-corrected chi connectivity index (χ4v) is 5.12. The standard InChI is InChI=1S/C28H26ClFO5/c1-15(28(31)32)27(16-3-4-16)18-6-10-24-25(12-18)35-26(14-34-24)17-5-8-20(22(29)11-17)21-13-19(33-2)7-9-23(21)30/h5-13,15-16,26-27H,3-4,14H2,1-2H3,(H,31,32)/t15-,26-,27?/m1/s1. The minimum atomic E-state index is -0.795. The lowest BCUT2D eigenvalue weighted by atomic mass is 9.83. The summed E-state index contributed by atoms with van der Waals surface area (Å²) in [4.78, 5) is 11.7. The summed E-state index contributed by atoms with van der Waals surface area (Å²) in [5.74, 6) is 0.404. The van der Waals surface area contributed by atoms with Gasteiger partial charge in [0.25, 0.3) is 0 Å². The van der Waals surface area contributed by atoms with Crippen LogP contribution in [0, 0.1) is 17.7 Å². The third-order valence-corrected chi connectivity index (χ3v) is 7.21. The second-order valence-corrected chi connectivity index (χ2v) is 9.61. The minimum Gasteiger partial charge on any atom is -0.497 e. The highest BCUT2D eigenvalue weighted by molar-refractivity contribution is 6.33. The first-order chi connectivity index (χ1) is 16.9. The molecule has 1 fully saturated rings. The summed E-state index contributed by atoms with van der Waals surface area (Å²) in [7, 11) is 1.53. The van der Waals surface area contributed by atoms with Crippen LogP contribution in [0.3, 0.4) is 0 Å². The second-order valence-electron chi connectivity index (χ2n) is 9.20. The maximum atomic E-state index is 14.5. The molecule has 0 radical (unpaired) electrons. The van der Waals surface area contributed by atoms with E-state index < -0.39 is 18.0 Å². The van der Waals surface area contributed by atoms with Crippen molar-refractivity contribution in [2.24, 2.45) is 11.8 Å². The molecule has 0 saturated heterocycles. The minimum absolute atomic E-state index is 0.0618. The van der Waals surface area contributed by atoms with Crippen molar-refractivity contribution in [1.29, 1.82) is 0 Å². The third-order valence-electron chi connectivity index (χ3n) is 6.90.